The molecule has 0 fully saturated rings. The first-order valence-corrected chi connectivity index (χ1v) is 6.85. The van der Waals surface area contributed by atoms with Crippen LogP contribution in [0.25, 0.3) is 6.08 Å². The molecule has 0 spiro atoms. The maximum atomic E-state index is 11.2. The molecule has 0 bridgehead atoms. The van der Waals surface area contributed by atoms with Crippen molar-refractivity contribution in [3.05, 3.63) is 40.1 Å². The lowest BCUT2D eigenvalue weighted by atomic mass is 10.2. The van der Waals surface area contributed by atoms with Gasteiger partial charge in [0.25, 0.3) is 0 Å². The SMILES string of the molecule is CCOC(=O)CCCOc1ccc(C=C[N+](=O)[O-])cc1OC. The van der Waals surface area contributed by atoms with Crippen LogP contribution in [0.4, 0.5) is 0 Å². The second-order valence-electron chi connectivity index (χ2n) is 4.27. The van der Waals surface area contributed by atoms with E-state index in [4.69, 9.17) is 14.2 Å². The van der Waals surface area contributed by atoms with Crippen LogP contribution in [0.2, 0.25) is 0 Å². The third-order valence-corrected chi connectivity index (χ3v) is 2.66. The molecule has 0 aliphatic carbocycles. The maximum absolute atomic E-state index is 11.2. The van der Waals surface area contributed by atoms with Gasteiger partial charge in [0.1, 0.15) is 0 Å². The first kappa shape index (κ1) is 17.5. The summed E-state index contributed by atoms with van der Waals surface area (Å²) in [5.41, 5.74) is 0.632. The predicted molar refractivity (Wildman–Crippen MR) is 80.4 cm³/mol. The molecule has 1 rings (SSSR count). The smallest absolute Gasteiger partial charge is 0.305 e. The molecule has 0 heterocycles. The molecular formula is C15H19NO6. The Hall–Kier alpha value is -2.57. The van der Waals surface area contributed by atoms with Gasteiger partial charge in [0.15, 0.2) is 11.5 Å². The lowest BCUT2D eigenvalue weighted by Crippen LogP contribution is -2.07. The number of ether oxygens (including phenoxy) is 3. The van der Waals surface area contributed by atoms with Gasteiger partial charge in [-0.3, -0.25) is 14.9 Å². The summed E-state index contributed by atoms with van der Waals surface area (Å²) in [6.45, 7) is 2.47. The van der Waals surface area contributed by atoms with E-state index in [9.17, 15) is 14.9 Å². The van der Waals surface area contributed by atoms with Crippen LogP contribution < -0.4 is 9.47 Å². The van der Waals surface area contributed by atoms with Crippen LogP contribution in [0, 0.1) is 10.1 Å². The number of nitrogens with zero attached hydrogens (tertiary/aromatic N) is 1. The van der Waals surface area contributed by atoms with Gasteiger partial charge in [-0.15, -0.1) is 0 Å². The van der Waals surface area contributed by atoms with Crippen LogP contribution in [0.1, 0.15) is 25.3 Å². The summed E-state index contributed by atoms with van der Waals surface area (Å²) in [6, 6.07) is 4.99. The molecule has 0 N–H and O–H groups in total. The third kappa shape index (κ3) is 6.25. The van der Waals surface area contributed by atoms with Crippen LogP contribution in [0.15, 0.2) is 24.4 Å². The van der Waals surface area contributed by atoms with Crippen molar-refractivity contribution in [2.45, 2.75) is 19.8 Å². The summed E-state index contributed by atoms with van der Waals surface area (Å²) < 4.78 is 15.6. The number of esters is 1. The molecule has 0 aromatic heterocycles. The molecule has 1 aromatic carbocycles. The van der Waals surface area contributed by atoms with Crippen LogP contribution in [0.5, 0.6) is 11.5 Å². The lowest BCUT2D eigenvalue weighted by molar-refractivity contribution is -0.400. The van der Waals surface area contributed by atoms with Crippen molar-refractivity contribution in [2.24, 2.45) is 0 Å². The van der Waals surface area contributed by atoms with Crippen molar-refractivity contribution in [2.75, 3.05) is 20.3 Å². The molecule has 120 valence electrons. The Morgan fingerprint density at radius 3 is 2.77 bits per heavy atom. The van der Waals surface area contributed by atoms with E-state index >= 15 is 0 Å². The van der Waals surface area contributed by atoms with E-state index in [0.29, 0.717) is 43.1 Å². The average molecular weight is 309 g/mol. The summed E-state index contributed by atoms with van der Waals surface area (Å²) in [5, 5.41) is 10.3. The molecule has 7 nitrogen and oxygen atoms in total. The van der Waals surface area contributed by atoms with Crippen molar-refractivity contribution in [3.63, 3.8) is 0 Å². The Balaban J connectivity index is 2.56. The zero-order valence-electron chi connectivity index (χ0n) is 12.6. The quantitative estimate of drug-likeness (QED) is 0.301. The molecule has 0 aliphatic rings. The van der Waals surface area contributed by atoms with Crippen molar-refractivity contribution in [1.82, 2.24) is 0 Å². The molecule has 1 aromatic rings. The molecule has 0 unspecified atom stereocenters. The molecule has 0 amide bonds. The number of hydrogen-bond donors (Lipinski definition) is 0. The number of benzene rings is 1. The van der Waals surface area contributed by atoms with E-state index < -0.39 is 4.92 Å². The zero-order valence-corrected chi connectivity index (χ0v) is 12.6. The van der Waals surface area contributed by atoms with Crippen LogP contribution in [-0.2, 0) is 9.53 Å². The highest BCUT2D eigenvalue weighted by Gasteiger charge is 2.06. The summed E-state index contributed by atoms with van der Waals surface area (Å²) in [5.74, 6) is 0.740. The number of carbonyl (C=O) groups excluding carboxylic acids is 1. The normalized spacial score (nSPS) is 10.5. The van der Waals surface area contributed by atoms with Gasteiger partial charge >= 0.3 is 5.97 Å². The molecule has 7 heteroatoms. The van der Waals surface area contributed by atoms with E-state index in [-0.39, 0.29) is 5.97 Å². The van der Waals surface area contributed by atoms with E-state index in [1.807, 2.05) is 0 Å². The topological polar surface area (TPSA) is 87.9 Å². The van der Waals surface area contributed by atoms with Gasteiger partial charge in [0.2, 0.25) is 6.20 Å². The number of methoxy groups -OCH3 is 1. The summed E-state index contributed by atoms with van der Waals surface area (Å²) in [4.78, 5) is 20.9. The molecule has 0 atom stereocenters. The number of carbonyl (C=O) groups is 1. The highest BCUT2D eigenvalue weighted by Crippen LogP contribution is 2.28. The van der Waals surface area contributed by atoms with Gasteiger partial charge in [0, 0.05) is 12.5 Å². The van der Waals surface area contributed by atoms with E-state index in [0.717, 1.165) is 6.20 Å². The summed E-state index contributed by atoms with van der Waals surface area (Å²) in [7, 11) is 1.49. The zero-order chi connectivity index (χ0) is 16.4. The fourth-order valence-corrected chi connectivity index (χ4v) is 1.69. The Bertz CT molecular complexity index is 541. The standard InChI is InChI=1S/C15H19NO6/c1-3-21-15(17)5-4-10-22-13-7-6-12(8-9-16(18)19)11-14(13)20-2/h6-9,11H,3-5,10H2,1-2H3. The summed E-state index contributed by atoms with van der Waals surface area (Å²) in [6.07, 6.45) is 3.05. The molecule has 0 aliphatic heterocycles. The first-order chi connectivity index (χ1) is 10.6. The van der Waals surface area contributed by atoms with E-state index in [1.54, 1.807) is 25.1 Å². The summed E-state index contributed by atoms with van der Waals surface area (Å²) >= 11 is 0. The Morgan fingerprint density at radius 1 is 1.36 bits per heavy atom. The van der Waals surface area contributed by atoms with Gasteiger partial charge in [0.05, 0.1) is 25.2 Å². The number of rotatable bonds is 9. The second-order valence-corrected chi connectivity index (χ2v) is 4.27. The molecule has 0 saturated carbocycles. The highest BCUT2D eigenvalue weighted by atomic mass is 16.6. The molecule has 0 radical (unpaired) electrons. The van der Waals surface area contributed by atoms with Crippen molar-refractivity contribution >= 4 is 12.0 Å². The van der Waals surface area contributed by atoms with Crippen LogP contribution in [0.3, 0.4) is 0 Å². The predicted octanol–water partition coefficient (Wildman–Crippen LogP) is 2.66. The van der Waals surface area contributed by atoms with Gasteiger partial charge in [-0.05, 0) is 31.0 Å². The van der Waals surface area contributed by atoms with Crippen LogP contribution >= 0.6 is 0 Å². The van der Waals surface area contributed by atoms with E-state index in [2.05, 4.69) is 0 Å². The Morgan fingerprint density at radius 2 is 2.14 bits per heavy atom. The number of hydrogen-bond acceptors (Lipinski definition) is 6. The maximum Gasteiger partial charge on any atom is 0.305 e. The van der Waals surface area contributed by atoms with Crippen LogP contribution in [-0.4, -0.2) is 31.2 Å². The van der Waals surface area contributed by atoms with Crippen molar-refractivity contribution < 1.29 is 23.9 Å². The fraction of sp³-hybridized carbons (Fsp3) is 0.400. The van der Waals surface area contributed by atoms with Crippen molar-refractivity contribution in [3.8, 4) is 11.5 Å². The minimum absolute atomic E-state index is 0.252. The molecular weight excluding hydrogens is 290 g/mol. The Kier molecular flexibility index (Phi) is 7.45. The first-order valence-electron chi connectivity index (χ1n) is 6.85. The molecule has 22 heavy (non-hydrogen) atoms. The fourth-order valence-electron chi connectivity index (χ4n) is 1.69. The van der Waals surface area contributed by atoms with Gasteiger partial charge in [-0.2, -0.15) is 0 Å². The molecule has 0 saturated heterocycles. The van der Waals surface area contributed by atoms with Gasteiger partial charge in [-0.1, -0.05) is 6.07 Å². The lowest BCUT2D eigenvalue weighted by Gasteiger charge is -2.11. The average Bonchev–Trinajstić information content (AvgIpc) is 2.50. The van der Waals surface area contributed by atoms with Gasteiger partial charge < -0.3 is 14.2 Å². The largest absolute Gasteiger partial charge is 0.493 e. The highest BCUT2D eigenvalue weighted by molar-refractivity contribution is 5.69. The minimum Gasteiger partial charge on any atom is -0.493 e. The Labute approximate surface area is 128 Å². The monoisotopic (exact) mass is 309 g/mol. The van der Waals surface area contributed by atoms with Crippen molar-refractivity contribution in [1.29, 1.82) is 0 Å². The minimum atomic E-state index is -0.535. The van der Waals surface area contributed by atoms with Gasteiger partial charge in [-0.25, -0.2) is 0 Å². The third-order valence-electron chi connectivity index (χ3n) is 2.66. The second kappa shape index (κ2) is 9.38. The number of nitro groups is 1. The van der Waals surface area contributed by atoms with E-state index in [1.165, 1.54) is 13.2 Å².